The van der Waals surface area contributed by atoms with E-state index in [-0.39, 0.29) is 19.0 Å². The summed E-state index contributed by atoms with van der Waals surface area (Å²) in [5.41, 5.74) is 3.25. The van der Waals surface area contributed by atoms with Crippen LogP contribution in [0.5, 0.6) is 11.5 Å². The smallest absolute Gasteiger partial charge is 0.338 e. The van der Waals surface area contributed by atoms with E-state index >= 15 is 0 Å². The Hall–Kier alpha value is -3.89. The molecule has 0 saturated carbocycles. The lowest BCUT2D eigenvalue weighted by Crippen LogP contribution is -2.39. The first-order valence-corrected chi connectivity index (χ1v) is 13.9. The van der Waals surface area contributed by atoms with Crippen LogP contribution in [0.4, 0.5) is 0 Å². The van der Waals surface area contributed by atoms with Crippen LogP contribution in [0.15, 0.2) is 78.5 Å². The molecule has 6 rings (SSSR count). The number of hydrogen-bond acceptors (Lipinski definition) is 8. The van der Waals surface area contributed by atoms with E-state index in [1.165, 1.54) is 15.9 Å². The van der Waals surface area contributed by atoms with E-state index in [9.17, 15) is 9.59 Å². The Kier molecular flexibility index (Phi) is 6.52. The molecule has 0 unspecified atom stereocenters. The highest BCUT2D eigenvalue weighted by Gasteiger charge is 2.34. The van der Waals surface area contributed by atoms with E-state index in [1.807, 2.05) is 43.3 Å². The van der Waals surface area contributed by atoms with Crippen molar-refractivity contribution in [2.45, 2.75) is 26.8 Å². The fourth-order valence-electron chi connectivity index (χ4n) is 4.71. The zero-order valence-electron chi connectivity index (χ0n) is 21.3. The van der Waals surface area contributed by atoms with Crippen LogP contribution in [0.3, 0.4) is 0 Å². The van der Waals surface area contributed by atoms with Crippen LogP contribution in [-0.4, -0.2) is 23.9 Å². The van der Waals surface area contributed by atoms with Crippen LogP contribution >= 0.6 is 27.3 Å². The van der Waals surface area contributed by atoms with Crippen molar-refractivity contribution in [2.24, 2.45) is 4.99 Å². The van der Waals surface area contributed by atoms with Crippen LogP contribution < -0.4 is 24.4 Å². The largest absolute Gasteiger partial charge is 0.463 e. The van der Waals surface area contributed by atoms with Crippen LogP contribution in [-0.2, 0) is 9.53 Å². The SMILES string of the molecule is CCOC(=O)C1=C(C)N=c2sc(=Cc3ccc(-c4ccc(C)cc4Br)o3)c(=O)n2[C@@H]1c1ccc2c(c1)OCO2. The van der Waals surface area contributed by atoms with E-state index in [4.69, 9.17) is 18.6 Å². The second-order valence-corrected chi connectivity index (χ2v) is 11.0. The molecular formula is C29H23BrN2O6S. The summed E-state index contributed by atoms with van der Waals surface area (Å²) in [6.45, 7) is 5.83. The minimum Gasteiger partial charge on any atom is -0.463 e. The second-order valence-electron chi connectivity index (χ2n) is 9.10. The Bertz CT molecular complexity index is 1850. The van der Waals surface area contributed by atoms with Gasteiger partial charge in [-0.15, -0.1) is 0 Å². The summed E-state index contributed by atoms with van der Waals surface area (Å²) in [6.07, 6.45) is 1.70. The zero-order chi connectivity index (χ0) is 27.3. The fourth-order valence-corrected chi connectivity index (χ4v) is 6.43. The average molecular weight is 607 g/mol. The molecule has 0 saturated heterocycles. The molecule has 2 aliphatic rings. The number of aromatic nitrogens is 1. The number of benzene rings is 2. The number of ether oxygens (including phenoxy) is 3. The number of hydrogen-bond donors (Lipinski definition) is 0. The van der Waals surface area contributed by atoms with Gasteiger partial charge in [0, 0.05) is 16.1 Å². The van der Waals surface area contributed by atoms with Crippen molar-refractivity contribution in [3.05, 3.63) is 101 Å². The van der Waals surface area contributed by atoms with Crippen molar-refractivity contribution in [3.8, 4) is 22.8 Å². The molecule has 2 aromatic heterocycles. The van der Waals surface area contributed by atoms with Gasteiger partial charge < -0.3 is 18.6 Å². The molecule has 4 aromatic rings. The summed E-state index contributed by atoms with van der Waals surface area (Å²) in [5.74, 6) is 1.86. The van der Waals surface area contributed by atoms with Crippen molar-refractivity contribution in [2.75, 3.05) is 13.4 Å². The van der Waals surface area contributed by atoms with Crippen LogP contribution in [0, 0.1) is 6.92 Å². The number of furan rings is 1. The molecule has 0 fully saturated rings. The summed E-state index contributed by atoms with van der Waals surface area (Å²) in [7, 11) is 0. The van der Waals surface area contributed by atoms with Gasteiger partial charge in [0.1, 0.15) is 11.5 Å². The molecule has 0 spiro atoms. The summed E-state index contributed by atoms with van der Waals surface area (Å²) in [5, 5.41) is 0. The zero-order valence-corrected chi connectivity index (χ0v) is 23.7. The number of esters is 1. The maximum Gasteiger partial charge on any atom is 0.338 e. The highest BCUT2D eigenvalue weighted by Crippen LogP contribution is 2.38. The molecule has 4 heterocycles. The third kappa shape index (κ3) is 4.53. The van der Waals surface area contributed by atoms with Gasteiger partial charge in [-0.05, 0) is 68.3 Å². The van der Waals surface area contributed by atoms with Gasteiger partial charge in [-0.25, -0.2) is 9.79 Å². The molecule has 0 amide bonds. The first-order chi connectivity index (χ1) is 18.8. The molecule has 0 aliphatic carbocycles. The number of nitrogens with zero attached hydrogens (tertiary/aromatic N) is 2. The number of carbonyl (C=O) groups is 1. The van der Waals surface area contributed by atoms with Gasteiger partial charge in [-0.1, -0.05) is 39.4 Å². The minimum atomic E-state index is -0.743. The maximum absolute atomic E-state index is 13.8. The molecule has 0 bridgehead atoms. The minimum absolute atomic E-state index is 0.117. The fraction of sp³-hybridized carbons (Fsp3) is 0.207. The van der Waals surface area contributed by atoms with Gasteiger partial charge >= 0.3 is 5.97 Å². The van der Waals surface area contributed by atoms with Crippen molar-refractivity contribution < 1.29 is 23.4 Å². The monoisotopic (exact) mass is 606 g/mol. The average Bonchev–Trinajstić information content (AvgIpc) is 3.63. The highest BCUT2D eigenvalue weighted by molar-refractivity contribution is 9.10. The molecule has 2 aliphatic heterocycles. The second kappa shape index (κ2) is 10.0. The number of rotatable bonds is 5. The Morgan fingerprint density at radius 1 is 1.15 bits per heavy atom. The van der Waals surface area contributed by atoms with Gasteiger partial charge in [-0.3, -0.25) is 9.36 Å². The molecule has 2 aromatic carbocycles. The molecule has 198 valence electrons. The van der Waals surface area contributed by atoms with E-state index in [2.05, 4.69) is 20.9 Å². The molecular weight excluding hydrogens is 584 g/mol. The van der Waals surface area contributed by atoms with E-state index in [1.54, 1.807) is 32.1 Å². The number of fused-ring (bicyclic) bond motifs is 2. The summed E-state index contributed by atoms with van der Waals surface area (Å²) in [4.78, 5) is 32.0. The van der Waals surface area contributed by atoms with E-state index in [0.29, 0.717) is 49.2 Å². The van der Waals surface area contributed by atoms with Gasteiger partial charge in [0.25, 0.3) is 5.56 Å². The number of aryl methyl sites for hydroxylation is 1. The van der Waals surface area contributed by atoms with Gasteiger partial charge in [0.05, 0.1) is 28.5 Å². The van der Waals surface area contributed by atoms with Crippen molar-refractivity contribution in [3.63, 3.8) is 0 Å². The molecule has 0 N–H and O–H groups in total. The van der Waals surface area contributed by atoms with Crippen LogP contribution in [0.25, 0.3) is 17.4 Å². The summed E-state index contributed by atoms with van der Waals surface area (Å²) < 4.78 is 25.4. The topological polar surface area (TPSA) is 92.3 Å². The number of halogens is 1. The van der Waals surface area contributed by atoms with Crippen molar-refractivity contribution in [1.82, 2.24) is 4.57 Å². The number of thiazole rings is 1. The molecule has 39 heavy (non-hydrogen) atoms. The standard InChI is InChI=1S/C29H23BrN2O6S/c1-4-35-28(34)25-16(3)31-29-32(26(25)17-6-9-22-23(12-17)37-14-36-22)27(33)24(39-29)13-18-7-10-21(38-18)19-8-5-15(2)11-20(19)30/h5-13,26H,4,14H2,1-3H3/t26-/m1/s1. The number of carbonyl (C=O) groups excluding carboxylic acids is 1. The maximum atomic E-state index is 13.8. The predicted octanol–water partition coefficient (Wildman–Crippen LogP) is 4.86. The highest BCUT2D eigenvalue weighted by atomic mass is 79.9. The Morgan fingerprint density at radius 2 is 1.97 bits per heavy atom. The molecule has 1 atom stereocenters. The van der Waals surface area contributed by atoms with Gasteiger partial charge in [0.15, 0.2) is 16.3 Å². The first-order valence-electron chi connectivity index (χ1n) is 12.3. The lowest BCUT2D eigenvalue weighted by Gasteiger charge is -2.24. The van der Waals surface area contributed by atoms with Crippen molar-refractivity contribution >= 4 is 39.3 Å². The Labute approximate surface area is 235 Å². The van der Waals surface area contributed by atoms with E-state index < -0.39 is 12.0 Å². The van der Waals surface area contributed by atoms with Crippen LogP contribution in [0.2, 0.25) is 0 Å². The quantitative estimate of drug-likeness (QED) is 0.301. The molecule has 10 heteroatoms. The Morgan fingerprint density at radius 3 is 2.77 bits per heavy atom. The van der Waals surface area contributed by atoms with Gasteiger partial charge in [0.2, 0.25) is 6.79 Å². The van der Waals surface area contributed by atoms with Crippen molar-refractivity contribution in [1.29, 1.82) is 0 Å². The lowest BCUT2D eigenvalue weighted by atomic mass is 9.95. The molecule has 8 nitrogen and oxygen atoms in total. The van der Waals surface area contributed by atoms with Gasteiger partial charge in [-0.2, -0.15) is 0 Å². The number of allylic oxidation sites excluding steroid dienone is 1. The van der Waals surface area contributed by atoms with Crippen LogP contribution in [0.1, 0.15) is 36.8 Å². The third-order valence-electron chi connectivity index (χ3n) is 6.52. The Balaban J connectivity index is 1.48. The molecule has 0 radical (unpaired) electrons. The normalized spacial score (nSPS) is 16.3. The predicted molar refractivity (Wildman–Crippen MR) is 150 cm³/mol. The third-order valence-corrected chi connectivity index (χ3v) is 8.16. The van der Waals surface area contributed by atoms with E-state index in [0.717, 1.165) is 15.6 Å². The first kappa shape index (κ1) is 25.4. The summed E-state index contributed by atoms with van der Waals surface area (Å²) >= 11 is 4.84. The lowest BCUT2D eigenvalue weighted by molar-refractivity contribution is -0.139. The summed E-state index contributed by atoms with van der Waals surface area (Å²) in [6, 6.07) is 14.4.